The minimum atomic E-state index is -0.319. The molecule has 2 atom stereocenters. The van der Waals surface area contributed by atoms with Crippen molar-refractivity contribution in [1.29, 1.82) is 0 Å². The average Bonchev–Trinajstić information content (AvgIpc) is 2.57. The number of amides is 2. The lowest BCUT2D eigenvalue weighted by molar-refractivity contribution is -0.153. The van der Waals surface area contributed by atoms with Gasteiger partial charge in [0.2, 0.25) is 11.8 Å². The lowest BCUT2D eigenvalue weighted by Crippen LogP contribution is -2.46. The third kappa shape index (κ3) is 3.16. The number of hydrogen-bond acceptors (Lipinski definition) is 2. The van der Waals surface area contributed by atoms with Gasteiger partial charge in [0, 0.05) is 18.3 Å². The second kappa shape index (κ2) is 6.32. The molecular weight excluding hydrogens is 293 g/mol. The zero-order chi connectivity index (χ0) is 16.4. The highest BCUT2D eigenvalue weighted by Crippen LogP contribution is 2.34. The van der Waals surface area contributed by atoms with Gasteiger partial charge in [0.25, 0.3) is 0 Å². The van der Waals surface area contributed by atoms with E-state index in [0.717, 1.165) is 11.1 Å². The van der Waals surface area contributed by atoms with Gasteiger partial charge in [0.05, 0.1) is 6.54 Å². The van der Waals surface area contributed by atoms with E-state index < -0.39 is 0 Å². The van der Waals surface area contributed by atoms with Crippen LogP contribution in [0.1, 0.15) is 30.4 Å². The maximum absolute atomic E-state index is 13.1. The predicted molar refractivity (Wildman–Crippen MR) is 84.9 cm³/mol. The maximum Gasteiger partial charge on any atom is 0.232 e. The summed E-state index contributed by atoms with van der Waals surface area (Å²) in [6, 6.07) is 15.5. The van der Waals surface area contributed by atoms with Crippen LogP contribution in [0, 0.1) is 11.7 Å². The van der Waals surface area contributed by atoms with E-state index in [-0.39, 0.29) is 35.9 Å². The first-order chi connectivity index (χ1) is 11.1. The summed E-state index contributed by atoms with van der Waals surface area (Å²) in [5.41, 5.74) is 1.77. The number of halogens is 1. The molecule has 3 nitrogen and oxygen atoms in total. The minimum absolute atomic E-state index is 0.167. The van der Waals surface area contributed by atoms with Gasteiger partial charge in [-0.15, -0.1) is 0 Å². The Labute approximate surface area is 134 Å². The van der Waals surface area contributed by atoms with E-state index in [4.69, 9.17) is 0 Å². The lowest BCUT2D eigenvalue weighted by atomic mass is 9.80. The van der Waals surface area contributed by atoms with E-state index in [9.17, 15) is 14.0 Å². The van der Waals surface area contributed by atoms with Crippen LogP contribution in [0.3, 0.4) is 0 Å². The number of imide groups is 1. The lowest BCUT2D eigenvalue weighted by Gasteiger charge is -2.35. The topological polar surface area (TPSA) is 37.4 Å². The molecule has 118 valence electrons. The first-order valence-electron chi connectivity index (χ1n) is 7.70. The molecule has 0 radical (unpaired) electrons. The Morgan fingerprint density at radius 2 is 1.70 bits per heavy atom. The van der Waals surface area contributed by atoms with Gasteiger partial charge < -0.3 is 0 Å². The van der Waals surface area contributed by atoms with Crippen LogP contribution in [-0.4, -0.2) is 16.7 Å². The van der Waals surface area contributed by atoms with E-state index >= 15 is 0 Å². The molecule has 1 fully saturated rings. The van der Waals surface area contributed by atoms with Crippen LogP contribution in [0.4, 0.5) is 4.39 Å². The Hall–Kier alpha value is -2.49. The Morgan fingerprint density at radius 3 is 2.35 bits per heavy atom. The zero-order valence-electron chi connectivity index (χ0n) is 12.9. The Kier molecular flexibility index (Phi) is 4.24. The van der Waals surface area contributed by atoms with Crippen molar-refractivity contribution in [2.75, 3.05) is 0 Å². The first-order valence-corrected chi connectivity index (χ1v) is 7.70. The van der Waals surface area contributed by atoms with Crippen molar-refractivity contribution in [1.82, 2.24) is 4.90 Å². The van der Waals surface area contributed by atoms with E-state index in [2.05, 4.69) is 0 Å². The second-order valence-corrected chi connectivity index (χ2v) is 5.95. The van der Waals surface area contributed by atoms with Gasteiger partial charge in [-0.05, 0) is 23.3 Å². The smallest absolute Gasteiger partial charge is 0.232 e. The molecule has 0 aliphatic carbocycles. The van der Waals surface area contributed by atoms with Crippen molar-refractivity contribution >= 4 is 11.8 Å². The molecule has 2 amide bonds. The molecule has 1 aliphatic heterocycles. The number of hydrogen-bond donors (Lipinski definition) is 0. The fourth-order valence-electron chi connectivity index (χ4n) is 3.06. The molecule has 0 aromatic heterocycles. The molecule has 2 aromatic carbocycles. The van der Waals surface area contributed by atoms with Crippen LogP contribution < -0.4 is 0 Å². The third-order valence-electron chi connectivity index (χ3n) is 4.44. The largest absolute Gasteiger partial charge is 0.278 e. The van der Waals surface area contributed by atoms with Gasteiger partial charge in [-0.1, -0.05) is 49.4 Å². The quantitative estimate of drug-likeness (QED) is 0.814. The number of benzene rings is 2. The summed E-state index contributed by atoms with van der Waals surface area (Å²) in [5.74, 6) is -1.16. The van der Waals surface area contributed by atoms with E-state index in [1.807, 2.05) is 37.3 Å². The van der Waals surface area contributed by atoms with Crippen LogP contribution in [0.5, 0.6) is 0 Å². The predicted octanol–water partition coefficient (Wildman–Crippen LogP) is 3.50. The molecule has 0 unspecified atom stereocenters. The fraction of sp³-hybridized carbons (Fsp3) is 0.263. The normalized spacial score (nSPS) is 21.6. The maximum atomic E-state index is 13.1. The van der Waals surface area contributed by atoms with Crippen LogP contribution in [0.25, 0.3) is 0 Å². The summed E-state index contributed by atoms with van der Waals surface area (Å²) in [6.45, 7) is 2.14. The van der Waals surface area contributed by atoms with E-state index in [1.165, 1.54) is 17.0 Å². The fourth-order valence-corrected chi connectivity index (χ4v) is 3.06. The molecule has 0 saturated carbocycles. The van der Waals surface area contributed by atoms with Gasteiger partial charge >= 0.3 is 0 Å². The number of likely N-dealkylation sites (tertiary alicyclic amines) is 1. The number of nitrogens with zero attached hydrogens (tertiary/aromatic N) is 1. The summed E-state index contributed by atoms with van der Waals surface area (Å²) < 4.78 is 13.1. The molecule has 2 aromatic rings. The SMILES string of the molecule is C[C@@H]1C(=O)N(Cc2ccccc2)C(=O)C[C@H]1c1ccc(F)cc1. The summed E-state index contributed by atoms with van der Waals surface area (Å²) in [4.78, 5) is 26.4. The number of carbonyl (C=O) groups is 2. The number of piperidine rings is 1. The highest BCUT2D eigenvalue weighted by Gasteiger charge is 2.39. The van der Waals surface area contributed by atoms with Crippen molar-refractivity contribution < 1.29 is 14.0 Å². The van der Waals surface area contributed by atoms with Crippen molar-refractivity contribution in [3.8, 4) is 0 Å². The molecule has 1 heterocycles. The number of rotatable bonds is 3. The van der Waals surface area contributed by atoms with Crippen LogP contribution in [-0.2, 0) is 16.1 Å². The Morgan fingerprint density at radius 1 is 1.04 bits per heavy atom. The van der Waals surface area contributed by atoms with Gasteiger partial charge in [0.1, 0.15) is 5.82 Å². The zero-order valence-corrected chi connectivity index (χ0v) is 12.9. The molecule has 0 bridgehead atoms. The third-order valence-corrected chi connectivity index (χ3v) is 4.44. The van der Waals surface area contributed by atoms with Gasteiger partial charge in [-0.3, -0.25) is 14.5 Å². The molecule has 4 heteroatoms. The second-order valence-electron chi connectivity index (χ2n) is 5.95. The monoisotopic (exact) mass is 311 g/mol. The Bertz CT molecular complexity index is 712. The van der Waals surface area contributed by atoms with E-state index in [0.29, 0.717) is 6.54 Å². The standard InChI is InChI=1S/C19H18FNO2/c1-13-17(15-7-9-16(20)10-8-15)11-18(22)21(19(13)23)12-14-5-3-2-4-6-14/h2-10,13,17H,11-12H2,1H3/t13-,17+/m0/s1. The summed E-state index contributed by atoms with van der Waals surface area (Å²) in [7, 11) is 0. The van der Waals surface area contributed by atoms with Gasteiger partial charge in [0.15, 0.2) is 0 Å². The molecule has 0 spiro atoms. The van der Waals surface area contributed by atoms with Crippen LogP contribution >= 0.6 is 0 Å². The highest BCUT2D eigenvalue weighted by atomic mass is 19.1. The molecule has 0 N–H and O–H groups in total. The molecule has 1 aliphatic rings. The average molecular weight is 311 g/mol. The molecule has 1 saturated heterocycles. The summed E-state index contributed by atoms with van der Waals surface area (Å²) in [6.07, 6.45) is 0.269. The van der Waals surface area contributed by atoms with Crippen molar-refractivity contribution in [2.45, 2.75) is 25.8 Å². The highest BCUT2D eigenvalue weighted by molar-refractivity contribution is 5.99. The summed E-state index contributed by atoms with van der Waals surface area (Å²) in [5, 5.41) is 0. The summed E-state index contributed by atoms with van der Waals surface area (Å²) >= 11 is 0. The van der Waals surface area contributed by atoms with Crippen molar-refractivity contribution in [3.63, 3.8) is 0 Å². The molecule has 3 rings (SSSR count). The van der Waals surface area contributed by atoms with Gasteiger partial charge in [-0.25, -0.2) is 4.39 Å². The van der Waals surface area contributed by atoms with Crippen LogP contribution in [0.15, 0.2) is 54.6 Å². The molecule has 23 heavy (non-hydrogen) atoms. The van der Waals surface area contributed by atoms with Crippen molar-refractivity contribution in [2.24, 2.45) is 5.92 Å². The minimum Gasteiger partial charge on any atom is -0.278 e. The van der Waals surface area contributed by atoms with E-state index in [1.54, 1.807) is 12.1 Å². The van der Waals surface area contributed by atoms with Gasteiger partial charge in [-0.2, -0.15) is 0 Å². The van der Waals surface area contributed by atoms with Crippen LogP contribution in [0.2, 0.25) is 0 Å². The Balaban J connectivity index is 1.80. The molecular formula is C19H18FNO2. The first kappa shape index (κ1) is 15.4. The van der Waals surface area contributed by atoms with Crippen molar-refractivity contribution in [3.05, 3.63) is 71.5 Å². The number of carbonyl (C=O) groups excluding carboxylic acids is 2.